The first-order valence-corrected chi connectivity index (χ1v) is 8.92. The lowest BCUT2D eigenvalue weighted by Crippen LogP contribution is -2.10. The van der Waals surface area contributed by atoms with Gasteiger partial charge in [0, 0.05) is 5.56 Å². The van der Waals surface area contributed by atoms with Crippen LogP contribution in [0.2, 0.25) is 0 Å². The molecule has 0 spiro atoms. The maximum atomic E-state index is 12.4. The lowest BCUT2D eigenvalue weighted by atomic mass is 9.87. The predicted molar refractivity (Wildman–Crippen MR) is 110 cm³/mol. The van der Waals surface area contributed by atoms with Crippen LogP contribution in [0.3, 0.4) is 0 Å². The van der Waals surface area contributed by atoms with Crippen molar-refractivity contribution in [3.8, 4) is 11.1 Å². The molecular formula is C25H24O. The molecule has 1 heteroatoms. The summed E-state index contributed by atoms with van der Waals surface area (Å²) in [5.41, 5.74) is 5.43. The zero-order valence-corrected chi connectivity index (χ0v) is 15.6. The molecule has 0 aliphatic carbocycles. The van der Waals surface area contributed by atoms with Crippen molar-refractivity contribution >= 4 is 11.9 Å². The Kier molecular flexibility index (Phi) is 5.18. The van der Waals surface area contributed by atoms with E-state index in [1.54, 1.807) is 6.08 Å². The molecule has 0 N–H and O–H groups in total. The van der Waals surface area contributed by atoms with Crippen molar-refractivity contribution in [1.29, 1.82) is 0 Å². The van der Waals surface area contributed by atoms with Gasteiger partial charge < -0.3 is 0 Å². The Labute approximate surface area is 156 Å². The highest BCUT2D eigenvalue weighted by Crippen LogP contribution is 2.23. The topological polar surface area (TPSA) is 17.1 Å². The molecule has 0 aliphatic heterocycles. The van der Waals surface area contributed by atoms with Crippen molar-refractivity contribution < 1.29 is 4.79 Å². The molecular weight excluding hydrogens is 316 g/mol. The van der Waals surface area contributed by atoms with E-state index in [1.165, 1.54) is 5.56 Å². The third kappa shape index (κ3) is 4.37. The predicted octanol–water partition coefficient (Wildman–Crippen LogP) is 6.55. The van der Waals surface area contributed by atoms with E-state index in [2.05, 4.69) is 57.2 Å². The van der Waals surface area contributed by atoms with Crippen LogP contribution in [0.15, 0.2) is 84.9 Å². The number of hydrogen-bond acceptors (Lipinski definition) is 1. The van der Waals surface area contributed by atoms with Gasteiger partial charge in [0.2, 0.25) is 0 Å². The molecule has 0 radical (unpaired) electrons. The molecule has 3 aromatic carbocycles. The molecule has 26 heavy (non-hydrogen) atoms. The summed E-state index contributed by atoms with van der Waals surface area (Å²) in [6.45, 7) is 6.58. The fourth-order valence-electron chi connectivity index (χ4n) is 2.82. The normalized spacial score (nSPS) is 11.7. The molecule has 0 heterocycles. The standard InChI is InChI=1S/C25H24O/c1-25(2,3)23-16-9-19(10-17-23)11-18-24(26)22-14-12-21(13-15-22)20-7-5-4-6-8-20/h4-18H,1-3H3/b18-11+. The molecule has 3 aromatic rings. The minimum absolute atomic E-state index is 0.0181. The summed E-state index contributed by atoms with van der Waals surface area (Å²) in [6.07, 6.45) is 3.52. The van der Waals surface area contributed by atoms with Crippen LogP contribution in [-0.2, 0) is 5.41 Å². The van der Waals surface area contributed by atoms with Gasteiger partial charge in [0.15, 0.2) is 5.78 Å². The summed E-state index contributed by atoms with van der Waals surface area (Å²) < 4.78 is 0. The number of hydrogen-bond donors (Lipinski definition) is 0. The molecule has 0 atom stereocenters. The van der Waals surface area contributed by atoms with Gasteiger partial charge in [-0.05, 0) is 33.7 Å². The Balaban J connectivity index is 1.70. The number of ketones is 1. The minimum Gasteiger partial charge on any atom is -0.289 e. The SMILES string of the molecule is CC(C)(C)c1ccc(/C=C/C(=O)c2ccc(-c3ccccc3)cc2)cc1. The second kappa shape index (κ2) is 7.53. The summed E-state index contributed by atoms with van der Waals surface area (Å²) in [5.74, 6) is 0.0181. The van der Waals surface area contributed by atoms with Crippen molar-refractivity contribution in [1.82, 2.24) is 0 Å². The van der Waals surface area contributed by atoms with Gasteiger partial charge in [-0.1, -0.05) is 106 Å². The van der Waals surface area contributed by atoms with Crippen LogP contribution in [0, 0.1) is 0 Å². The molecule has 0 aromatic heterocycles. The average molecular weight is 340 g/mol. The molecule has 0 unspecified atom stereocenters. The summed E-state index contributed by atoms with van der Waals surface area (Å²) in [4.78, 5) is 12.4. The van der Waals surface area contributed by atoms with E-state index in [4.69, 9.17) is 0 Å². The Bertz CT molecular complexity index is 893. The summed E-state index contributed by atoms with van der Waals surface area (Å²) in [6, 6.07) is 26.3. The van der Waals surface area contributed by atoms with E-state index in [1.807, 2.05) is 48.5 Å². The fraction of sp³-hybridized carbons (Fsp3) is 0.160. The minimum atomic E-state index is 0.0181. The van der Waals surface area contributed by atoms with E-state index in [9.17, 15) is 4.79 Å². The van der Waals surface area contributed by atoms with Crippen LogP contribution in [0.25, 0.3) is 17.2 Å². The molecule has 0 fully saturated rings. The second-order valence-electron chi connectivity index (χ2n) is 7.51. The van der Waals surface area contributed by atoms with E-state index in [0.717, 1.165) is 16.7 Å². The molecule has 0 saturated carbocycles. The van der Waals surface area contributed by atoms with Crippen molar-refractivity contribution in [2.24, 2.45) is 0 Å². The monoisotopic (exact) mass is 340 g/mol. The molecule has 0 saturated heterocycles. The first-order chi connectivity index (χ1) is 12.4. The molecule has 0 amide bonds. The van der Waals surface area contributed by atoms with Crippen LogP contribution in [-0.4, -0.2) is 5.78 Å². The Morgan fingerprint density at radius 2 is 1.31 bits per heavy atom. The average Bonchev–Trinajstić information content (AvgIpc) is 2.66. The van der Waals surface area contributed by atoms with Gasteiger partial charge in [-0.3, -0.25) is 4.79 Å². The smallest absolute Gasteiger partial charge is 0.185 e. The third-order valence-electron chi connectivity index (χ3n) is 4.48. The molecule has 1 nitrogen and oxygen atoms in total. The van der Waals surface area contributed by atoms with E-state index in [-0.39, 0.29) is 11.2 Å². The van der Waals surface area contributed by atoms with Crippen molar-refractivity contribution in [2.45, 2.75) is 26.2 Å². The number of carbonyl (C=O) groups is 1. The van der Waals surface area contributed by atoms with Gasteiger partial charge in [-0.15, -0.1) is 0 Å². The van der Waals surface area contributed by atoms with Gasteiger partial charge in [-0.2, -0.15) is 0 Å². The highest BCUT2D eigenvalue weighted by molar-refractivity contribution is 6.07. The van der Waals surface area contributed by atoms with Crippen LogP contribution in [0.1, 0.15) is 42.3 Å². The first-order valence-electron chi connectivity index (χ1n) is 8.92. The zero-order valence-electron chi connectivity index (χ0n) is 15.6. The quantitative estimate of drug-likeness (QED) is 0.389. The number of carbonyl (C=O) groups excluding carboxylic acids is 1. The maximum absolute atomic E-state index is 12.4. The van der Waals surface area contributed by atoms with Crippen molar-refractivity contribution in [3.05, 3.63) is 102 Å². The highest BCUT2D eigenvalue weighted by atomic mass is 16.1. The van der Waals surface area contributed by atoms with Gasteiger partial charge in [-0.25, -0.2) is 0 Å². The Morgan fingerprint density at radius 3 is 1.88 bits per heavy atom. The lowest BCUT2D eigenvalue weighted by molar-refractivity contribution is 0.104. The number of rotatable bonds is 4. The number of benzene rings is 3. The fourth-order valence-corrected chi connectivity index (χ4v) is 2.82. The molecule has 3 rings (SSSR count). The Morgan fingerprint density at radius 1 is 0.731 bits per heavy atom. The third-order valence-corrected chi connectivity index (χ3v) is 4.48. The van der Waals surface area contributed by atoms with E-state index in [0.29, 0.717) is 5.56 Å². The van der Waals surface area contributed by atoms with Gasteiger partial charge >= 0.3 is 0 Å². The van der Waals surface area contributed by atoms with E-state index >= 15 is 0 Å². The molecule has 0 bridgehead atoms. The highest BCUT2D eigenvalue weighted by Gasteiger charge is 2.12. The number of allylic oxidation sites excluding steroid dienone is 1. The summed E-state index contributed by atoms with van der Waals surface area (Å²) >= 11 is 0. The van der Waals surface area contributed by atoms with Crippen molar-refractivity contribution in [3.63, 3.8) is 0 Å². The molecule has 130 valence electrons. The first kappa shape index (κ1) is 17.9. The second-order valence-corrected chi connectivity index (χ2v) is 7.51. The van der Waals surface area contributed by atoms with E-state index < -0.39 is 0 Å². The molecule has 0 aliphatic rings. The lowest BCUT2D eigenvalue weighted by Gasteiger charge is -2.18. The van der Waals surface area contributed by atoms with Crippen LogP contribution >= 0.6 is 0 Å². The Hall–Kier alpha value is -2.93. The van der Waals surface area contributed by atoms with Gasteiger partial charge in [0.25, 0.3) is 0 Å². The van der Waals surface area contributed by atoms with Crippen LogP contribution in [0.4, 0.5) is 0 Å². The van der Waals surface area contributed by atoms with Gasteiger partial charge in [0.05, 0.1) is 0 Å². The van der Waals surface area contributed by atoms with Crippen LogP contribution < -0.4 is 0 Å². The summed E-state index contributed by atoms with van der Waals surface area (Å²) in [7, 11) is 0. The summed E-state index contributed by atoms with van der Waals surface area (Å²) in [5, 5.41) is 0. The zero-order chi connectivity index (χ0) is 18.6. The van der Waals surface area contributed by atoms with Gasteiger partial charge in [0.1, 0.15) is 0 Å². The largest absolute Gasteiger partial charge is 0.289 e. The van der Waals surface area contributed by atoms with Crippen molar-refractivity contribution in [2.75, 3.05) is 0 Å². The maximum Gasteiger partial charge on any atom is 0.185 e. The van der Waals surface area contributed by atoms with Crippen LogP contribution in [0.5, 0.6) is 0 Å².